The van der Waals surface area contributed by atoms with Crippen molar-refractivity contribution in [3.8, 4) is 11.3 Å². The highest BCUT2D eigenvalue weighted by atomic mass is 79.9. The van der Waals surface area contributed by atoms with Crippen LogP contribution in [0.15, 0.2) is 40.9 Å². The summed E-state index contributed by atoms with van der Waals surface area (Å²) >= 11 is 3.49. The molecule has 2 aliphatic heterocycles. The van der Waals surface area contributed by atoms with Crippen molar-refractivity contribution in [3.63, 3.8) is 0 Å². The third kappa shape index (κ3) is 4.99. The number of piperidine rings is 1. The molecular weight excluding hydrogens is 456 g/mol. The average molecular weight is 485 g/mol. The maximum absolute atomic E-state index is 13.1. The molecule has 2 saturated heterocycles. The summed E-state index contributed by atoms with van der Waals surface area (Å²) in [6, 6.07) is 11.8. The maximum atomic E-state index is 13.1. The van der Waals surface area contributed by atoms with E-state index in [-0.39, 0.29) is 17.7 Å². The van der Waals surface area contributed by atoms with Gasteiger partial charge in [0.2, 0.25) is 5.91 Å². The molecule has 2 aromatic rings. The van der Waals surface area contributed by atoms with Crippen LogP contribution in [0.1, 0.15) is 28.9 Å². The zero-order chi connectivity index (χ0) is 22.0. The Morgan fingerprint density at radius 2 is 1.68 bits per heavy atom. The van der Waals surface area contributed by atoms with Crippen LogP contribution in [0, 0.1) is 12.8 Å². The highest BCUT2D eigenvalue weighted by Crippen LogP contribution is 2.25. The van der Waals surface area contributed by atoms with Crippen LogP contribution in [-0.4, -0.2) is 77.8 Å². The van der Waals surface area contributed by atoms with Crippen molar-refractivity contribution in [2.24, 2.45) is 5.92 Å². The summed E-state index contributed by atoms with van der Waals surface area (Å²) in [6.07, 6.45) is 1.47. The molecule has 3 heterocycles. The Morgan fingerprint density at radius 3 is 2.32 bits per heavy atom. The molecule has 0 radical (unpaired) electrons. The van der Waals surface area contributed by atoms with Crippen molar-refractivity contribution in [2.45, 2.75) is 19.8 Å². The fourth-order valence-corrected chi connectivity index (χ4v) is 4.78. The molecule has 164 valence electrons. The van der Waals surface area contributed by atoms with Crippen molar-refractivity contribution in [3.05, 3.63) is 52.1 Å². The van der Waals surface area contributed by atoms with Gasteiger partial charge < -0.3 is 14.7 Å². The number of halogens is 1. The van der Waals surface area contributed by atoms with Gasteiger partial charge in [0.25, 0.3) is 5.91 Å². The molecule has 1 aromatic carbocycles. The van der Waals surface area contributed by atoms with E-state index in [0.29, 0.717) is 18.7 Å². The first-order chi connectivity index (χ1) is 14.9. The number of benzene rings is 1. The second kappa shape index (κ2) is 9.49. The number of hydrogen-bond acceptors (Lipinski definition) is 4. The van der Waals surface area contributed by atoms with Gasteiger partial charge >= 0.3 is 0 Å². The van der Waals surface area contributed by atoms with E-state index in [1.807, 2.05) is 53.1 Å². The first kappa shape index (κ1) is 22.0. The minimum Gasteiger partial charge on any atom is -0.340 e. The highest BCUT2D eigenvalue weighted by molar-refractivity contribution is 9.10. The van der Waals surface area contributed by atoms with Gasteiger partial charge in [0.15, 0.2) is 0 Å². The molecule has 0 unspecified atom stereocenters. The zero-order valence-corrected chi connectivity index (χ0v) is 19.8. The van der Waals surface area contributed by atoms with E-state index in [1.54, 1.807) is 0 Å². The smallest absolute Gasteiger partial charge is 0.255 e. The van der Waals surface area contributed by atoms with Crippen molar-refractivity contribution in [1.29, 1.82) is 0 Å². The highest BCUT2D eigenvalue weighted by Gasteiger charge is 2.32. The monoisotopic (exact) mass is 484 g/mol. The topological polar surface area (TPSA) is 56.8 Å². The molecule has 4 rings (SSSR count). The number of carbonyl (C=O) groups excluding carboxylic acids is 2. The molecule has 0 atom stereocenters. The van der Waals surface area contributed by atoms with Gasteiger partial charge in [-0.25, -0.2) is 0 Å². The number of likely N-dealkylation sites (tertiary alicyclic amines) is 1. The number of aryl methyl sites for hydroxylation is 1. The second-order valence-corrected chi connectivity index (χ2v) is 9.45. The van der Waals surface area contributed by atoms with Gasteiger partial charge in [-0.3, -0.25) is 14.6 Å². The molecule has 0 bridgehead atoms. The molecule has 0 saturated carbocycles. The van der Waals surface area contributed by atoms with Gasteiger partial charge in [-0.05, 0) is 51.1 Å². The fraction of sp³-hybridized carbons (Fsp3) is 0.458. The summed E-state index contributed by atoms with van der Waals surface area (Å²) in [5.41, 5.74) is 3.24. The van der Waals surface area contributed by atoms with Gasteiger partial charge in [-0.1, -0.05) is 28.1 Å². The Hall–Kier alpha value is -2.25. The number of pyridine rings is 1. The number of likely N-dealkylation sites (N-methyl/N-ethyl adjacent to an activating group) is 1. The fourth-order valence-electron chi connectivity index (χ4n) is 4.38. The van der Waals surface area contributed by atoms with Crippen LogP contribution in [-0.2, 0) is 4.79 Å². The van der Waals surface area contributed by atoms with Crippen molar-refractivity contribution >= 4 is 27.7 Å². The quantitative estimate of drug-likeness (QED) is 0.669. The first-order valence-electron chi connectivity index (χ1n) is 10.9. The van der Waals surface area contributed by atoms with Gasteiger partial charge in [0.05, 0.1) is 17.0 Å². The molecule has 7 heteroatoms. The van der Waals surface area contributed by atoms with Crippen LogP contribution >= 0.6 is 15.9 Å². The molecule has 0 N–H and O–H groups in total. The Kier molecular flexibility index (Phi) is 6.72. The molecule has 31 heavy (non-hydrogen) atoms. The molecule has 0 spiro atoms. The lowest BCUT2D eigenvalue weighted by Crippen LogP contribution is -2.51. The minimum absolute atomic E-state index is 0.0105. The largest absolute Gasteiger partial charge is 0.340 e. The number of nitrogens with zero attached hydrogens (tertiary/aromatic N) is 4. The summed E-state index contributed by atoms with van der Waals surface area (Å²) < 4.78 is 0.999. The van der Waals surface area contributed by atoms with Crippen LogP contribution in [0.4, 0.5) is 0 Å². The average Bonchev–Trinajstić information content (AvgIpc) is 2.79. The lowest BCUT2D eigenvalue weighted by Gasteiger charge is -2.37. The molecular formula is C24H29BrN4O2. The summed E-state index contributed by atoms with van der Waals surface area (Å²) in [5.74, 6) is 0.304. The van der Waals surface area contributed by atoms with Gasteiger partial charge in [0.1, 0.15) is 0 Å². The Labute approximate surface area is 192 Å². The van der Waals surface area contributed by atoms with Gasteiger partial charge in [-0.2, -0.15) is 0 Å². The number of carbonyl (C=O) groups is 2. The standard InChI is InChI=1S/C24H29BrN4O2/c1-17-21(6-7-22(26-17)19-4-3-5-20(25)16-19)24(31)28-10-8-18(9-11-28)23(30)29-14-12-27(2)13-15-29/h3-7,16,18H,8-15H2,1-2H3. The molecule has 1 aromatic heterocycles. The maximum Gasteiger partial charge on any atom is 0.255 e. The second-order valence-electron chi connectivity index (χ2n) is 8.53. The van der Waals surface area contributed by atoms with Gasteiger partial charge in [0, 0.05) is 55.2 Å². The van der Waals surface area contributed by atoms with Crippen LogP contribution in [0.25, 0.3) is 11.3 Å². The summed E-state index contributed by atoms with van der Waals surface area (Å²) in [6.45, 7) is 6.62. The third-order valence-electron chi connectivity index (χ3n) is 6.38. The minimum atomic E-state index is 0.0105. The molecule has 6 nitrogen and oxygen atoms in total. The molecule has 2 amide bonds. The predicted molar refractivity (Wildman–Crippen MR) is 125 cm³/mol. The molecule has 0 aliphatic carbocycles. The van der Waals surface area contributed by atoms with Crippen molar-refractivity contribution < 1.29 is 9.59 Å². The first-order valence-corrected chi connectivity index (χ1v) is 11.7. The Balaban J connectivity index is 1.38. The number of amides is 2. The van der Waals surface area contributed by atoms with Crippen molar-refractivity contribution in [2.75, 3.05) is 46.3 Å². The number of hydrogen-bond donors (Lipinski definition) is 0. The number of piperazine rings is 1. The van der Waals surface area contributed by atoms with Crippen molar-refractivity contribution in [1.82, 2.24) is 19.7 Å². The Morgan fingerprint density at radius 1 is 0.968 bits per heavy atom. The van der Waals surface area contributed by atoms with Crippen LogP contribution in [0.3, 0.4) is 0 Å². The molecule has 2 fully saturated rings. The normalized spacial score (nSPS) is 18.3. The summed E-state index contributed by atoms with van der Waals surface area (Å²) in [4.78, 5) is 36.8. The zero-order valence-electron chi connectivity index (χ0n) is 18.2. The summed E-state index contributed by atoms with van der Waals surface area (Å²) in [5, 5.41) is 0. The van der Waals surface area contributed by atoms with Gasteiger partial charge in [-0.15, -0.1) is 0 Å². The third-order valence-corrected chi connectivity index (χ3v) is 6.88. The summed E-state index contributed by atoms with van der Waals surface area (Å²) in [7, 11) is 2.09. The van der Waals surface area contributed by atoms with Crippen LogP contribution in [0.5, 0.6) is 0 Å². The lowest BCUT2D eigenvalue weighted by molar-refractivity contribution is -0.138. The molecule has 2 aliphatic rings. The van der Waals surface area contributed by atoms with E-state index in [2.05, 4.69) is 32.9 Å². The van der Waals surface area contributed by atoms with E-state index in [1.165, 1.54) is 0 Å². The van der Waals surface area contributed by atoms with E-state index in [0.717, 1.165) is 60.4 Å². The SMILES string of the molecule is Cc1nc(-c2cccc(Br)c2)ccc1C(=O)N1CCC(C(=O)N2CCN(C)CC2)CC1. The predicted octanol–water partition coefficient (Wildman–Crippen LogP) is 3.45. The van der Waals surface area contributed by atoms with Crippen LogP contribution in [0.2, 0.25) is 0 Å². The van der Waals surface area contributed by atoms with E-state index in [9.17, 15) is 9.59 Å². The number of aromatic nitrogens is 1. The van der Waals surface area contributed by atoms with E-state index in [4.69, 9.17) is 0 Å². The number of rotatable bonds is 3. The van der Waals surface area contributed by atoms with Crippen LogP contribution < -0.4 is 0 Å². The van der Waals surface area contributed by atoms with E-state index < -0.39 is 0 Å². The van der Waals surface area contributed by atoms with E-state index >= 15 is 0 Å². The lowest BCUT2D eigenvalue weighted by atomic mass is 9.94. The Bertz CT molecular complexity index is 964.